The minimum absolute atomic E-state index is 0.109. The number of carbonyl (C=O) groups is 1. The molecule has 3 heterocycles. The Hall–Kier alpha value is -2.56. The second-order valence-electron chi connectivity index (χ2n) is 6.35. The van der Waals surface area contributed by atoms with Gasteiger partial charge in [0.05, 0.1) is 0 Å². The Morgan fingerprint density at radius 1 is 1.00 bits per heavy atom. The standard InChI is InChI=1S/C19H20N2O3/c22-19(24-16-6-2-1-3-7-16)21-14-9-10-15(21)13-17(12-14)23-18-8-4-5-11-20-18/h1-8,11,14-15,17H,9-10,12-13H2/t14-,15-/m0/s1. The predicted octanol–water partition coefficient (Wildman–Crippen LogP) is 3.65. The van der Waals surface area contributed by atoms with E-state index in [-0.39, 0.29) is 24.3 Å². The number of nitrogens with zero attached hydrogens (tertiary/aromatic N) is 2. The molecule has 2 atom stereocenters. The van der Waals surface area contributed by atoms with Crippen molar-refractivity contribution in [3.8, 4) is 11.6 Å². The molecule has 1 aromatic carbocycles. The first kappa shape index (κ1) is 15.0. The summed E-state index contributed by atoms with van der Waals surface area (Å²) >= 11 is 0. The summed E-state index contributed by atoms with van der Waals surface area (Å²) in [6.45, 7) is 0. The molecule has 2 bridgehead atoms. The molecule has 0 unspecified atom stereocenters. The number of piperidine rings is 1. The molecule has 1 amide bonds. The summed E-state index contributed by atoms with van der Waals surface area (Å²) < 4.78 is 11.5. The minimum Gasteiger partial charge on any atom is -0.474 e. The largest absolute Gasteiger partial charge is 0.474 e. The van der Waals surface area contributed by atoms with Gasteiger partial charge in [0, 0.05) is 37.2 Å². The highest BCUT2D eigenvalue weighted by Gasteiger charge is 2.45. The number of ether oxygens (including phenoxy) is 2. The van der Waals surface area contributed by atoms with Crippen LogP contribution in [0.1, 0.15) is 25.7 Å². The molecule has 0 N–H and O–H groups in total. The van der Waals surface area contributed by atoms with Crippen LogP contribution < -0.4 is 9.47 Å². The smallest absolute Gasteiger partial charge is 0.415 e. The number of pyridine rings is 1. The third-order valence-electron chi connectivity index (χ3n) is 4.77. The zero-order valence-corrected chi connectivity index (χ0v) is 13.4. The SMILES string of the molecule is O=C(Oc1ccccc1)N1[C@H]2CC[C@H]1CC(Oc1ccccn1)C2. The minimum atomic E-state index is -0.245. The highest BCUT2D eigenvalue weighted by atomic mass is 16.6. The van der Waals surface area contributed by atoms with Crippen molar-refractivity contribution in [2.75, 3.05) is 0 Å². The van der Waals surface area contributed by atoms with Gasteiger partial charge < -0.3 is 14.4 Å². The average molecular weight is 324 g/mol. The van der Waals surface area contributed by atoms with Gasteiger partial charge in [-0.15, -0.1) is 0 Å². The van der Waals surface area contributed by atoms with Gasteiger partial charge in [0.1, 0.15) is 11.9 Å². The van der Waals surface area contributed by atoms with Gasteiger partial charge in [-0.05, 0) is 31.0 Å². The first-order valence-electron chi connectivity index (χ1n) is 8.42. The number of hydrogen-bond donors (Lipinski definition) is 0. The fourth-order valence-corrected chi connectivity index (χ4v) is 3.75. The number of fused-ring (bicyclic) bond motifs is 2. The Labute approximate surface area is 141 Å². The molecule has 0 saturated carbocycles. The number of aromatic nitrogens is 1. The number of hydrogen-bond acceptors (Lipinski definition) is 4. The maximum atomic E-state index is 12.5. The van der Waals surface area contributed by atoms with Crippen molar-refractivity contribution in [3.05, 3.63) is 54.7 Å². The Morgan fingerprint density at radius 2 is 1.71 bits per heavy atom. The van der Waals surface area contributed by atoms with Crippen molar-refractivity contribution in [2.24, 2.45) is 0 Å². The van der Waals surface area contributed by atoms with Crippen molar-refractivity contribution in [2.45, 2.75) is 43.9 Å². The fourth-order valence-electron chi connectivity index (χ4n) is 3.75. The summed E-state index contributed by atoms with van der Waals surface area (Å²) in [5.74, 6) is 1.25. The molecule has 2 aliphatic rings. The molecule has 2 saturated heterocycles. The third kappa shape index (κ3) is 3.07. The summed E-state index contributed by atoms with van der Waals surface area (Å²) in [7, 11) is 0. The van der Waals surface area contributed by atoms with E-state index in [1.807, 2.05) is 41.3 Å². The van der Waals surface area contributed by atoms with E-state index in [9.17, 15) is 4.79 Å². The van der Waals surface area contributed by atoms with E-state index in [2.05, 4.69) is 4.98 Å². The van der Waals surface area contributed by atoms with Gasteiger partial charge in [-0.25, -0.2) is 9.78 Å². The third-order valence-corrected chi connectivity index (χ3v) is 4.77. The van der Waals surface area contributed by atoms with Crippen LogP contribution >= 0.6 is 0 Å². The zero-order chi connectivity index (χ0) is 16.4. The van der Waals surface area contributed by atoms with E-state index in [4.69, 9.17) is 9.47 Å². The monoisotopic (exact) mass is 324 g/mol. The van der Waals surface area contributed by atoms with Gasteiger partial charge in [0.25, 0.3) is 0 Å². The summed E-state index contributed by atoms with van der Waals surface area (Å²) in [5, 5.41) is 0. The number of para-hydroxylation sites is 1. The van der Waals surface area contributed by atoms with Crippen molar-refractivity contribution in [3.63, 3.8) is 0 Å². The Bertz CT molecular complexity index is 678. The molecule has 24 heavy (non-hydrogen) atoms. The first-order chi connectivity index (χ1) is 11.8. The molecule has 5 heteroatoms. The van der Waals surface area contributed by atoms with E-state index in [1.165, 1.54) is 0 Å². The number of carbonyl (C=O) groups excluding carboxylic acids is 1. The number of benzene rings is 1. The highest BCUT2D eigenvalue weighted by molar-refractivity contribution is 5.72. The van der Waals surface area contributed by atoms with Crippen LogP contribution in [0.25, 0.3) is 0 Å². The molecule has 0 aliphatic carbocycles. The maximum absolute atomic E-state index is 12.5. The van der Waals surface area contributed by atoms with Crippen LogP contribution in [0.3, 0.4) is 0 Å². The van der Waals surface area contributed by atoms with Crippen LogP contribution in [0.4, 0.5) is 4.79 Å². The Kier molecular flexibility index (Phi) is 4.07. The molecule has 2 aliphatic heterocycles. The van der Waals surface area contributed by atoms with Crippen molar-refractivity contribution >= 4 is 6.09 Å². The number of rotatable bonds is 3. The van der Waals surface area contributed by atoms with Gasteiger partial charge in [-0.1, -0.05) is 24.3 Å². The van der Waals surface area contributed by atoms with Crippen LogP contribution in [-0.4, -0.2) is 34.2 Å². The summed E-state index contributed by atoms with van der Waals surface area (Å²) in [6, 6.07) is 15.3. The normalized spacial score (nSPS) is 25.3. The van der Waals surface area contributed by atoms with Crippen LogP contribution in [0.2, 0.25) is 0 Å². The molecule has 1 aromatic heterocycles. The molecule has 0 spiro atoms. The lowest BCUT2D eigenvalue weighted by atomic mass is 10.0. The molecule has 0 radical (unpaired) electrons. The topological polar surface area (TPSA) is 51.7 Å². The van der Waals surface area contributed by atoms with Crippen LogP contribution in [0, 0.1) is 0 Å². The lowest BCUT2D eigenvalue weighted by molar-refractivity contribution is 0.0507. The van der Waals surface area contributed by atoms with E-state index >= 15 is 0 Å². The van der Waals surface area contributed by atoms with E-state index in [0.29, 0.717) is 11.6 Å². The van der Waals surface area contributed by atoms with Gasteiger partial charge in [-0.3, -0.25) is 0 Å². The van der Waals surface area contributed by atoms with Gasteiger partial charge in [0.15, 0.2) is 0 Å². The Balaban J connectivity index is 1.40. The molecule has 2 aromatic rings. The number of amides is 1. The molecule has 124 valence electrons. The molecular weight excluding hydrogens is 304 g/mol. The van der Waals surface area contributed by atoms with Crippen molar-refractivity contribution < 1.29 is 14.3 Å². The lowest BCUT2D eigenvalue weighted by Gasteiger charge is -2.37. The average Bonchev–Trinajstić information content (AvgIpc) is 2.88. The molecule has 2 fully saturated rings. The molecular formula is C19H20N2O3. The lowest BCUT2D eigenvalue weighted by Crippen LogP contribution is -2.50. The molecule has 4 rings (SSSR count). The second-order valence-corrected chi connectivity index (χ2v) is 6.35. The zero-order valence-electron chi connectivity index (χ0n) is 13.4. The first-order valence-corrected chi connectivity index (χ1v) is 8.42. The van der Waals surface area contributed by atoms with Crippen LogP contribution in [0.5, 0.6) is 11.6 Å². The summed E-state index contributed by atoms with van der Waals surface area (Å²) in [4.78, 5) is 18.7. The van der Waals surface area contributed by atoms with E-state index in [0.717, 1.165) is 25.7 Å². The quantitative estimate of drug-likeness (QED) is 0.865. The van der Waals surface area contributed by atoms with Gasteiger partial charge >= 0.3 is 6.09 Å². The molecule has 5 nitrogen and oxygen atoms in total. The summed E-state index contributed by atoms with van der Waals surface area (Å²) in [6.07, 6.45) is 5.28. The Morgan fingerprint density at radius 3 is 2.38 bits per heavy atom. The van der Waals surface area contributed by atoms with Crippen molar-refractivity contribution in [1.82, 2.24) is 9.88 Å². The summed E-state index contributed by atoms with van der Waals surface area (Å²) in [5.41, 5.74) is 0. The van der Waals surface area contributed by atoms with E-state index in [1.54, 1.807) is 18.3 Å². The second kappa shape index (κ2) is 6.51. The van der Waals surface area contributed by atoms with Crippen molar-refractivity contribution in [1.29, 1.82) is 0 Å². The maximum Gasteiger partial charge on any atom is 0.415 e. The van der Waals surface area contributed by atoms with Crippen LogP contribution in [-0.2, 0) is 0 Å². The van der Waals surface area contributed by atoms with Crippen LogP contribution in [0.15, 0.2) is 54.7 Å². The van der Waals surface area contributed by atoms with E-state index < -0.39 is 0 Å². The van der Waals surface area contributed by atoms with Gasteiger partial charge in [-0.2, -0.15) is 0 Å². The predicted molar refractivity (Wildman–Crippen MR) is 89.0 cm³/mol. The fraction of sp³-hybridized carbons (Fsp3) is 0.368. The van der Waals surface area contributed by atoms with Gasteiger partial charge in [0.2, 0.25) is 5.88 Å². The highest BCUT2D eigenvalue weighted by Crippen LogP contribution is 2.37.